The van der Waals surface area contributed by atoms with Crippen molar-refractivity contribution in [3.8, 4) is 5.75 Å². The van der Waals surface area contributed by atoms with Gasteiger partial charge in [-0.25, -0.2) is 9.59 Å². The van der Waals surface area contributed by atoms with Gasteiger partial charge in [-0.2, -0.15) is 0 Å². The highest BCUT2D eigenvalue weighted by atomic mass is 16.5. The number of methoxy groups -OCH3 is 1. The number of carbonyl (C=O) groups is 1. The van der Waals surface area contributed by atoms with Crippen LogP contribution in [0.15, 0.2) is 51.8 Å². The van der Waals surface area contributed by atoms with E-state index in [-0.39, 0.29) is 5.56 Å². The molecule has 0 aliphatic rings. The molecule has 0 amide bonds. The molecule has 2 heterocycles. The number of pyridine rings is 1. The Morgan fingerprint density at radius 3 is 2.73 bits per heavy atom. The molecule has 0 N–H and O–H groups in total. The van der Waals surface area contributed by atoms with E-state index in [1.807, 2.05) is 18.3 Å². The Kier molecular flexibility index (Phi) is 5.31. The Labute approximate surface area is 150 Å². The highest BCUT2D eigenvalue weighted by molar-refractivity contribution is 5.92. The predicted molar refractivity (Wildman–Crippen MR) is 96.6 cm³/mol. The summed E-state index contributed by atoms with van der Waals surface area (Å²) in [6, 6.07) is 10.6. The minimum atomic E-state index is -0.733. The van der Waals surface area contributed by atoms with Crippen molar-refractivity contribution in [1.82, 2.24) is 4.98 Å². The average Bonchev–Trinajstić information content (AvgIpc) is 2.67. The van der Waals surface area contributed by atoms with Crippen LogP contribution < -0.4 is 10.4 Å². The van der Waals surface area contributed by atoms with Gasteiger partial charge in [0.15, 0.2) is 0 Å². The minimum absolute atomic E-state index is 0.128. The molecular weight excluding hydrogens is 334 g/mol. The summed E-state index contributed by atoms with van der Waals surface area (Å²) in [5, 5.41) is 0.622. The molecule has 0 fully saturated rings. The molecular formula is C20H19NO5. The molecule has 0 unspecified atom stereocenters. The Hall–Kier alpha value is -3.15. The third-order valence-corrected chi connectivity index (χ3v) is 4.02. The van der Waals surface area contributed by atoms with E-state index >= 15 is 0 Å². The van der Waals surface area contributed by atoms with Gasteiger partial charge >= 0.3 is 11.6 Å². The van der Waals surface area contributed by atoms with Gasteiger partial charge in [0.05, 0.1) is 13.7 Å². The van der Waals surface area contributed by atoms with Gasteiger partial charge in [-0.3, -0.25) is 4.98 Å². The number of aryl methyl sites for hydroxylation is 1. The summed E-state index contributed by atoms with van der Waals surface area (Å²) in [4.78, 5) is 27.8. The van der Waals surface area contributed by atoms with Crippen molar-refractivity contribution in [1.29, 1.82) is 0 Å². The molecule has 0 radical (unpaired) electrons. The van der Waals surface area contributed by atoms with Crippen molar-refractivity contribution < 1.29 is 18.7 Å². The summed E-state index contributed by atoms with van der Waals surface area (Å²) >= 11 is 0. The maximum Gasteiger partial charge on any atom is 0.351 e. The number of nitrogens with zero attached hydrogens (tertiary/aromatic N) is 1. The molecule has 6 nitrogen and oxygen atoms in total. The lowest BCUT2D eigenvalue weighted by Gasteiger charge is -2.08. The largest absolute Gasteiger partial charge is 0.493 e. The van der Waals surface area contributed by atoms with Crippen LogP contribution in [0.5, 0.6) is 5.75 Å². The Morgan fingerprint density at radius 1 is 1.19 bits per heavy atom. The van der Waals surface area contributed by atoms with E-state index < -0.39 is 11.6 Å². The zero-order valence-corrected chi connectivity index (χ0v) is 14.7. The first-order valence-electron chi connectivity index (χ1n) is 8.33. The topological polar surface area (TPSA) is 78.6 Å². The molecule has 134 valence electrons. The molecule has 6 heteroatoms. The molecule has 0 saturated carbocycles. The standard InChI is InChI=1S/C20H19NO5/c1-3-15-6-4-13(12-21-15)8-9-25-16-7-5-14-10-17(19(22)24-2)20(23)26-18(14)11-16/h4-7,10-12H,3,8-9H2,1-2H3. The Morgan fingerprint density at radius 2 is 2.04 bits per heavy atom. The van der Waals surface area contributed by atoms with E-state index in [0.717, 1.165) is 24.1 Å². The smallest absolute Gasteiger partial charge is 0.351 e. The summed E-state index contributed by atoms with van der Waals surface area (Å²) in [5.74, 6) is -0.131. The van der Waals surface area contributed by atoms with E-state index in [0.29, 0.717) is 23.3 Å². The van der Waals surface area contributed by atoms with Crippen LogP contribution in [-0.2, 0) is 17.6 Å². The summed E-state index contributed by atoms with van der Waals surface area (Å²) in [6.07, 6.45) is 3.49. The number of ether oxygens (including phenoxy) is 2. The zero-order chi connectivity index (χ0) is 18.5. The number of esters is 1. The lowest BCUT2D eigenvalue weighted by atomic mass is 10.2. The third kappa shape index (κ3) is 3.91. The lowest BCUT2D eigenvalue weighted by Crippen LogP contribution is -2.14. The molecule has 0 saturated heterocycles. The minimum Gasteiger partial charge on any atom is -0.493 e. The molecule has 0 aliphatic heterocycles. The van der Waals surface area contributed by atoms with Gasteiger partial charge < -0.3 is 13.9 Å². The monoisotopic (exact) mass is 353 g/mol. The molecule has 0 aliphatic carbocycles. The van der Waals surface area contributed by atoms with Crippen molar-refractivity contribution in [2.75, 3.05) is 13.7 Å². The van der Waals surface area contributed by atoms with Crippen molar-refractivity contribution in [2.24, 2.45) is 0 Å². The molecule has 3 rings (SSSR count). The Balaban J connectivity index is 1.70. The van der Waals surface area contributed by atoms with Crippen LogP contribution in [0.25, 0.3) is 11.0 Å². The van der Waals surface area contributed by atoms with Gasteiger partial charge in [-0.1, -0.05) is 13.0 Å². The van der Waals surface area contributed by atoms with Crippen LogP contribution in [0.2, 0.25) is 0 Å². The fraction of sp³-hybridized carbons (Fsp3) is 0.250. The highest BCUT2D eigenvalue weighted by Gasteiger charge is 2.14. The van der Waals surface area contributed by atoms with Gasteiger partial charge in [-0.05, 0) is 36.2 Å². The van der Waals surface area contributed by atoms with Gasteiger partial charge in [0.2, 0.25) is 0 Å². The third-order valence-electron chi connectivity index (χ3n) is 4.02. The number of benzene rings is 1. The summed E-state index contributed by atoms with van der Waals surface area (Å²) in [6.45, 7) is 2.54. The van der Waals surface area contributed by atoms with Crippen molar-refractivity contribution >= 4 is 16.9 Å². The molecule has 26 heavy (non-hydrogen) atoms. The van der Waals surface area contributed by atoms with E-state index in [2.05, 4.69) is 16.6 Å². The molecule has 3 aromatic rings. The first kappa shape index (κ1) is 17.7. The molecule has 2 aromatic heterocycles. The summed E-state index contributed by atoms with van der Waals surface area (Å²) in [7, 11) is 1.22. The number of aromatic nitrogens is 1. The lowest BCUT2D eigenvalue weighted by molar-refractivity contribution is 0.0596. The van der Waals surface area contributed by atoms with E-state index in [4.69, 9.17) is 9.15 Å². The summed E-state index contributed by atoms with van der Waals surface area (Å²) < 4.78 is 15.5. The van der Waals surface area contributed by atoms with Crippen molar-refractivity contribution in [3.63, 3.8) is 0 Å². The zero-order valence-electron chi connectivity index (χ0n) is 14.7. The number of hydrogen-bond donors (Lipinski definition) is 0. The Bertz CT molecular complexity index is 976. The second-order valence-electron chi connectivity index (χ2n) is 5.75. The van der Waals surface area contributed by atoms with Crippen molar-refractivity contribution in [3.05, 3.63) is 69.8 Å². The molecule has 0 bridgehead atoms. The second kappa shape index (κ2) is 7.82. The number of hydrogen-bond acceptors (Lipinski definition) is 6. The number of rotatable bonds is 6. The van der Waals surface area contributed by atoms with E-state index in [1.165, 1.54) is 13.2 Å². The summed E-state index contributed by atoms with van der Waals surface area (Å²) in [5.41, 5.74) is 1.65. The maximum atomic E-state index is 11.9. The van der Waals surface area contributed by atoms with E-state index in [1.54, 1.807) is 18.2 Å². The first-order valence-corrected chi connectivity index (χ1v) is 8.33. The molecule has 1 aromatic carbocycles. The fourth-order valence-corrected chi connectivity index (χ4v) is 2.53. The van der Waals surface area contributed by atoms with Crippen LogP contribution in [0.4, 0.5) is 0 Å². The first-order chi connectivity index (χ1) is 12.6. The van der Waals surface area contributed by atoms with Gasteiger partial charge in [0, 0.05) is 29.8 Å². The van der Waals surface area contributed by atoms with Crippen molar-refractivity contribution in [2.45, 2.75) is 19.8 Å². The molecule has 0 atom stereocenters. The van der Waals surface area contributed by atoms with Crippen LogP contribution in [0, 0.1) is 0 Å². The maximum absolute atomic E-state index is 11.9. The quantitative estimate of drug-likeness (QED) is 0.500. The number of fused-ring (bicyclic) bond motifs is 1. The van der Waals surface area contributed by atoms with Crippen LogP contribution >= 0.6 is 0 Å². The van der Waals surface area contributed by atoms with Gasteiger partial charge in [0.1, 0.15) is 16.9 Å². The van der Waals surface area contributed by atoms with Gasteiger partial charge in [0.25, 0.3) is 0 Å². The highest BCUT2D eigenvalue weighted by Crippen LogP contribution is 2.21. The van der Waals surface area contributed by atoms with Crippen LogP contribution in [0.3, 0.4) is 0 Å². The fourth-order valence-electron chi connectivity index (χ4n) is 2.53. The second-order valence-corrected chi connectivity index (χ2v) is 5.75. The van der Waals surface area contributed by atoms with E-state index in [9.17, 15) is 9.59 Å². The van der Waals surface area contributed by atoms with Crippen LogP contribution in [-0.4, -0.2) is 24.7 Å². The SMILES string of the molecule is CCc1ccc(CCOc2ccc3cc(C(=O)OC)c(=O)oc3c2)cn1. The normalized spacial score (nSPS) is 10.7. The van der Waals surface area contributed by atoms with Gasteiger partial charge in [-0.15, -0.1) is 0 Å². The predicted octanol–water partition coefficient (Wildman–Crippen LogP) is 3.16. The van der Waals surface area contributed by atoms with Crippen LogP contribution in [0.1, 0.15) is 28.5 Å². The number of carbonyl (C=O) groups excluding carboxylic acids is 1. The average molecular weight is 353 g/mol. The molecule has 0 spiro atoms.